The number of aromatic nitrogens is 3. The van der Waals surface area contributed by atoms with E-state index in [0.717, 1.165) is 10.8 Å². The number of carbonyl (C=O) groups excluding carboxylic acids is 1. The van der Waals surface area contributed by atoms with Gasteiger partial charge in [0.1, 0.15) is 17.7 Å². The number of nitrogens with one attached hydrogen (secondary N) is 2. The third-order valence-electron chi connectivity index (χ3n) is 5.59. The molecule has 0 saturated heterocycles. The molecular formula is C24H19BrFN5O2. The second-order valence-corrected chi connectivity index (χ2v) is 8.61. The second kappa shape index (κ2) is 8.42. The lowest BCUT2D eigenvalue weighted by atomic mass is 9.94. The van der Waals surface area contributed by atoms with Crippen LogP contribution in [0.25, 0.3) is 10.8 Å². The van der Waals surface area contributed by atoms with E-state index in [1.54, 1.807) is 42.2 Å². The van der Waals surface area contributed by atoms with Crippen LogP contribution in [0.1, 0.15) is 24.2 Å². The zero-order chi connectivity index (χ0) is 23.1. The molecule has 1 amide bonds. The van der Waals surface area contributed by atoms with Crippen molar-refractivity contribution in [1.29, 1.82) is 0 Å². The number of nitrogens with zero attached hydrogens (tertiary/aromatic N) is 3. The largest absolute Gasteiger partial charge is 0.390 e. The lowest BCUT2D eigenvalue weighted by Crippen LogP contribution is -2.31. The molecular weight excluding hydrogens is 489 g/mol. The fourth-order valence-electron chi connectivity index (χ4n) is 4.04. The van der Waals surface area contributed by atoms with Gasteiger partial charge in [-0.15, -0.1) is 0 Å². The molecule has 1 aliphatic rings. The van der Waals surface area contributed by atoms with Gasteiger partial charge in [0.25, 0.3) is 5.91 Å². The van der Waals surface area contributed by atoms with Gasteiger partial charge in [-0.2, -0.15) is 5.10 Å². The quantitative estimate of drug-likeness (QED) is 0.370. The summed E-state index contributed by atoms with van der Waals surface area (Å²) in [6.45, 7) is 1.54. The van der Waals surface area contributed by atoms with Crippen LogP contribution in [0.5, 0.6) is 0 Å². The molecule has 4 aromatic rings. The number of halogens is 2. The first-order chi connectivity index (χ1) is 15.9. The number of hydrogen-bond donors (Lipinski definition) is 3. The highest BCUT2D eigenvalue weighted by Crippen LogP contribution is 2.37. The highest BCUT2D eigenvalue weighted by atomic mass is 79.9. The molecule has 1 unspecified atom stereocenters. The van der Waals surface area contributed by atoms with Gasteiger partial charge in [-0.05, 0) is 64.1 Å². The van der Waals surface area contributed by atoms with Gasteiger partial charge < -0.3 is 15.7 Å². The van der Waals surface area contributed by atoms with Crippen molar-refractivity contribution in [3.8, 4) is 0 Å². The zero-order valence-corrected chi connectivity index (χ0v) is 19.1. The Morgan fingerprint density at radius 3 is 2.85 bits per heavy atom. The van der Waals surface area contributed by atoms with Crippen molar-refractivity contribution in [1.82, 2.24) is 14.8 Å². The molecule has 1 aliphatic heterocycles. The minimum absolute atomic E-state index is 0.254. The lowest BCUT2D eigenvalue weighted by molar-refractivity contribution is -0.113. The summed E-state index contributed by atoms with van der Waals surface area (Å²) < 4.78 is 16.4. The molecule has 1 atom stereocenters. The average molecular weight is 508 g/mol. The van der Waals surface area contributed by atoms with E-state index in [2.05, 4.69) is 36.6 Å². The maximum absolute atomic E-state index is 14.4. The van der Waals surface area contributed by atoms with E-state index in [1.807, 2.05) is 24.3 Å². The van der Waals surface area contributed by atoms with Gasteiger partial charge in [-0.25, -0.2) is 9.07 Å². The van der Waals surface area contributed by atoms with E-state index >= 15 is 0 Å². The van der Waals surface area contributed by atoms with Crippen LogP contribution in [0.2, 0.25) is 0 Å². The van der Waals surface area contributed by atoms with Gasteiger partial charge in [-0.1, -0.05) is 12.1 Å². The number of fused-ring (bicyclic) bond motifs is 2. The van der Waals surface area contributed by atoms with Crippen molar-refractivity contribution < 1.29 is 14.3 Å². The number of benzene rings is 2. The first-order valence-corrected chi connectivity index (χ1v) is 11.0. The second-order valence-electron chi connectivity index (χ2n) is 7.76. The summed E-state index contributed by atoms with van der Waals surface area (Å²) >= 11 is 3.18. The molecule has 0 saturated carbocycles. The van der Waals surface area contributed by atoms with E-state index in [-0.39, 0.29) is 12.5 Å². The summed E-state index contributed by atoms with van der Waals surface area (Å²) in [5.74, 6) is -0.171. The van der Waals surface area contributed by atoms with E-state index in [4.69, 9.17) is 0 Å². The molecule has 9 heteroatoms. The van der Waals surface area contributed by atoms with Crippen molar-refractivity contribution >= 4 is 44.1 Å². The summed E-state index contributed by atoms with van der Waals surface area (Å²) in [4.78, 5) is 17.6. The lowest BCUT2D eigenvalue weighted by Gasteiger charge is -2.30. The number of allylic oxidation sites excluding steroid dienone is 1. The van der Waals surface area contributed by atoms with Crippen LogP contribution >= 0.6 is 15.9 Å². The summed E-state index contributed by atoms with van der Waals surface area (Å²) in [7, 11) is 0. The maximum Gasteiger partial charge on any atom is 0.255 e. The molecule has 0 aliphatic carbocycles. The number of hydrogen-bond acceptors (Lipinski definition) is 5. The van der Waals surface area contributed by atoms with Crippen molar-refractivity contribution in [2.24, 2.45) is 0 Å². The summed E-state index contributed by atoms with van der Waals surface area (Å²) in [6.07, 6.45) is 3.45. The molecule has 5 rings (SSSR count). The summed E-state index contributed by atoms with van der Waals surface area (Å²) in [6, 6.07) is 13.2. The summed E-state index contributed by atoms with van der Waals surface area (Å²) in [5.41, 5.74) is 2.63. The minimum atomic E-state index is -0.686. The highest BCUT2D eigenvalue weighted by Gasteiger charge is 2.34. The zero-order valence-electron chi connectivity index (χ0n) is 17.5. The fraction of sp³-hybridized carbons (Fsp3) is 0.125. The van der Waals surface area contributed by atoms with Crippen LogP contribution in [0.3, 0.4) is 0 Å². The van der Waals surface area contributed by atoms with Gasteiger partial charge in [-0.3, -0.25) is 9.78 Å². The molecule has 166 valence electrons. The Hall–Kier alpha value is -3.56. The Labute approximate surface area is 197 Å². The number of rotatable bonds is 4. The standard InChI is InChI=1S/C24H19BrFN5O2/c1-13-22(24(33)29-17-4-2-16-11-27-7-6-14(16)8-17)23(15-3-5-19(25)20(26)9-15)31-21(28-13)10-18(12-32)30-31/h2-11,23,28,32H,12H2,1H3,(H,29,33). The third-order valence-corrected chi connectivity index (χ3v) is 6.23. The molecule has 33 heavy (non-hydrogen) atoms. The molecule has 0 spiro atoms. The van der Waals surface area contributed by atoms with Gasteiger partial charge in [0.15, 0.2) is 0 Å². The molecule has 2 aromatic carbocycles. The first-order valence-electron chi connectivity index (χ1n) is 10.2. The fourth-order valence-corrected chi connectivity index (χ4v) is 4.29. The number of amides is 1. The molecule has 0 radical (unpaired) electrons. The van der Waals surface area contributed by atoms with E-state index in [1.165, 1.54) is 6.07 Å². The first kappa shape index (κ1) is 21.3. The predicted molar refractivity (Wildman–Crippen MR) is 127 cm³/mol. The summed E-state index contributed by atoms with van der Waals surface area (Å²) in [5, 5.41) is 22.1. The Balaban J connectivity index is 1.57. The van der Waals surface area contributed by atoms with Crippen molar-refractivity contribution in [3.05, 3.63) is 93.7 Å². The number of aliphatic hydroxyl groups is 1. The minimum Gasteiger partial charge on any atom is -0.390 e. The van der Waals surface area contributed by atoms with Gasteiger partial charge in [0.05, 0.1) is 22.3 Å². The molecule has 3 N–H and O–H groups in total. The van der Waals surface area contributed by atoms with E-state index in [9.17, 15) is 14.3 Å². The molecule has 2 aromatic heterocycles. The Bertz CT molecular complexity index is 1430. The molecule has 0 bridgehead atoms. The van der Waals surface area contributed by atoms with Crippen molar-refractivity contribution in [2.45, 2.75) is 19.6 Å². The van der Waals surface area contributed by atoms with E-state index < -0.39 is 11.9 Å². The van der Waals surface area contributed by atoms with Crippen LogP contribution in [0.4, 0.5) is 15.9 Å². The van der Waals surface area contributed by atoms with Crippen molar-refractivity contribution in [2.75, 3.05) is 10.6 Å². The average Bonchev–Trinajstić information content (AvgIpc) is 3.22. The normalized spacial score (nSPS) is 15.3. The topological polar surface area (TPSA) is 92.1 Å². The van der Waals surface area contributed by atoms with Crippen LogP contribution in [0, 0.1) is 5.82 Å². The smallest absolute Gasteiger partial charge is 0.255 e. The number of pyridine rings is 1. The Kier molecular flexibility index (Phi) is 5.43. The van der Waals surface area contributed by atoms with Crippen LogP contribution < -0.4 is 10.6 Å². The predicted octanol–water partition coefficient (Wildman–Crippen LogP) is 4.75. The van der Waals surface area contributed by atoms with Gasteiger partial charge in [0.2, 0.25) is 0 Å². The Morgan fingerprint density at radius 1 is 1.21 bits per heavy atom. The van der Waals surface area contributed by atoms with Crippen LogP contribution in [0.15, 0.2) is 76.7 Å². The highest BCUT2D eigenvalue weighted by molar-refractivity contribution is 9.10. The molecule has 3 heterocycles. The maximum atomic E-state index is 14.4. The molecule has 0 fully saturated rings. The van der Waals surface area contributed by atoms with Crippen molar-refractivity contribution in [3.63, 3.8) is 0 Å². The Morgan fingerprint density at radius 2 is 2.06 bits per heavy atom. The number of carbonyl (C=O) groups is 1. The van der Waals surface area contributed by atoms with E-state index in [0.29, 0.717) is 38.5 Å². The molecule has 7 nitrogen and oxygen atoms in total. The van der Waals surface area contributed by atoms with Crippen LogP contribution in [-0.4, -0.2) is 25.8 Å². The number of anilines is 2. The van der Waals surface area contributed by atoms with Gasteiger partial charge >= 0.3 is 0 Å². The number of aliphatic hydroxyl groups excluding tert-OH is 1. The third kappa shape index (κ3) is 3.90. The SMILES string of the molecule is CC1=C(C(=O)Nc2ccc3cnccc3c2)C(c2ccc(Br)c(F)c2)n2nc(CO)cc2N1. The van der Waals surface area contributed by atoms with Crippen LogP contribution in [-0.2, 0) is 11.4 Å². The van der Waals surface area contributed by atoms with Gasteiger partial charge in [0, 0.05) is 35.2 Å². The monoisotopic (exact) mass is 507 g/mol.